The second kappa shape index (κ2) is 7.81. The number of carbonyl (C=O) groups excluding carboxylic acids is 2. The largest absolute Gasteiger partial charge is 0.414 e. The highest BCUT2D eigenvalue weighted by Gasteiger charge is 2.33. The van der Waals surface area contributed by atoms with Crippen molar-refractivity contribution in [3.63, 3.8) is 0 Å². The normalized spacial score (nSPS) is 14.8. The van der Waals surface area contributed by atoms with Crippen LogP contribution in [-0.4, -0.2) is 39.3 Å². The molecule has 1 aromatic heterocycles. The summed E-state index contributed by atoms with van der Waals surface area (Å²) in [7, 11) is 0. The number of allylic oxidation sites excluding steroid dienone is 2. The average molecular weight is 425 g/mol. The number of aromatic nitrogens is 2. The molecule has 3 N–H and O–H groups in total. The Bertz CT molecular complexity index is 1040. The van der Waals surface area contributed by atoms with Gasteiger partial charge in [0.15, 0.2) is 0 Å². The summed E-state index contributed by atoms with van der Waals surface area (Å²) in [5.74, 6) is -1.32. The van der Waals surface area contributed by atoms with E-state index in [2.05, 4.69) is 10.4 Å². The van der Waals surface area contributed by atoms with Crippen molar-refractivity contribution in [1.82, 2.24) is 20.0 Å². The molecule has 0 spiro atoms. The lowest BCUT2D eigenvalue weighted by atomic mass is 10.0. The van der Waals surface area contributed by atoms with Gasteiger partial charge in [0.1, 0.15) is 11.5 Å². The van der Waals surface area contributed by atoms with Crippen molar-refractivity contribution in [2.75, 3.05) is 6.54 Å². The van der Waals surface area contributed by atoms with Gasteiger partial charge in [-0.2, -0.15) is 18.3 Å². The number of rotatable bonds is 3. The van der Waals surface area contributed by atoms with Crippen LogP contribution in [0.3, 0.4) is 0 Å². The predicted molar refractivity (Wildman–Crippen MR) is 99.5 cm³/mol. The molecule has 30 heavy (non-hydrogen) atoms. The molecular weight excluding hydrogens is 406 g/mol. The predicted octanol–water partition coefficient (Wildman–Crippen LogP) is 3.17. The number of nitrogens with one attached hydrogen (secondary N) is 1. The van der Waals surface area contributed by atoms with Crippen LogP contribution in [-0.2, 0) is 13.1 Å². The molecule has 3 amide bonds. The van der Waals surface area contributed by atoms with Crippen molar-refractivity contribution >= 4 is 11.9 Å². The van der Waals surface area contributed by atoms with E-state index in [9.17, 15) is 27.2 Å². The minimum absolute atomic E-state index is 0.0387. The Hall–Kier alpha value is -3.37. The number of halogens is 4. The SMILES string of the molecule is C/C(NC(=O)N1CCn2nc(-c3cccc(F)c3)c(C(N)=O)c2C1)=C(\C)C(F)(F)F. The number of amides is 3. The topological polar surface area (TPSA) is 93.2 Å². The van der Waals surface area contributed by atoms with Crippen molar-refractivity contribution in [2.45, 2.75) is 33.1 Å². The summed E-state index contributed by atoms with van der Waals surface area (Å²) in [4.78, 5) is 25.8. The molecule has 0 atom stereocenters. The third-order valence-electron chi connectivity index (χ3n) is 4.89. The molecule has 1 aliphatic heterocycles. The molecule has 1 aliphatic rings. The molecule has 2 heterocycles. The quantitative estimate of drug-likeness (QED) is 0.740. The van der Waals surface area contributed by atoms with Crippen molar-refractivity contribution in [1.29, 1.82) is 0 Å². The van der Waals surface area contributed by atoms with Crippen LogP contribution in [0, 0.1) is 5.82 Å². The highest BCUT2D eigenvalue weighted by Crippen LogP contribution is 2.29. The third-order valence-corrected chi connectivity index (χ3v) is 4.89. The van der Waals surface area contributed by atoms with E-state index in [1.165, 1.54) is 27.8 Å². The van der Waals surface area contributed by atoms with E-state index in [1.807, 2.05) is 0 Å². The fourth-order valence-corrected chi connectivity index (χ4v) is 3.13. The summed E-state index contributed by atoms with van der Waals surface area (Å²) >= 11 is 0. The van der Waals surface area contributed by atoms with Crippen LogP contribution in [0.25, 0.3) is 11.3 Å². The Balaban J connectivity index is 1.90. The second-order valence-corrected chi connectivity index (χ2v) is 6.87. The Morgan fingerprint density at radius 3 is 2.50 bits per heavy atom. The zero-order valence-corrected chi connectivity index (χ0v) is 16.2. The van der Waals surface area contributed by atoms with E-state index in [-0.39, 0.29) is 36.6 Å². The number of urea groups is 1. The van der Waals surface area contributed by atoms with Gasteiger partial charge in [-0.05, 0) is 26.0 Å². The van der Waals surface area contributed by atoms with Crippen molar-refractivity contribution in [3.8, 4) is 11.3 Å². The molecule has 0 fully saturated rings. The van der Waals surface area contributed by atoms with E-state index >= 15 is 0 Å². The first-order chi connectivity index (χ1) is 14.0. The molecule has 11 heteroatoms. The standard InChI is InChI=1S/C19H19F4N5O2/c1-10(19(21,22)23)11(2)25-18(30)27-6-7-28-14(9-27)15(17(24)29)16(26-28)12-4-3-5-13(20)8-12/h3-5,8H,6-7,9H2,1-2H3,(H2,24,29)(H,25,30)/b11-10-. The summed E-state index contributed by atoms with van der Waals surface area (Å²) in [6.07, 6.45) is -4.56. The first-order valence-electron chi connectivity index (χ1n) is 8.95. The second-order valence-electron chi connectivity index (χ2n) is 6.87. The molecule has 1 aromatic carbocycles. The van der Waals surface area contributed by atoms with Gasteiger partial charge in [0.25, 0.3) is 5.91 Å². The Morgan fingerprint density at radius 2 is 1.90 bits per heavy atom. The number of hydrogen-bond acceptors (Lipinski definition) is 3. The summed E-state index contributed by atoms with van der Waals surface area (Å²) < 4.78 is 53.5. The summed E-state index contributed by atoms with van der Waals surface area (Å²) in [5, 5.41) is 6.56. The molecule has 3 rings (SSSR count). The molecule has 160 valence electrons. The van der Waals surface area contributed by atoms with Crippen molar-refractivity contribution in [3.05, 3.63) is 52.6 Å². The number of hydrogen-bond donors (Lipinski definition) is 2. The Labute approximate surface area is 169 Å². The molecule has 7 nitrogen and oxygen atoms in total. The molecule has 0 saturated carbocycles. The van der Waals surface area contributed by atoms with Gasteiger partial charge in [-0.1, -0.05) is 12.1 Å². The summed E-state index contributed by atoms with van der Waals surface area (Å²) in [5.41, 5.74) is 5.18. The van der Waals surface area contributed by atoms with Gasteiger partial charge in [0, 0.05) is 23.4 Å². The van der Waals surface area contributed by atoms with Crippen LogP contribution in [0.1, 0.15) is 29.9 Å². The fraction of sp³-hybridized carbons (Fsp3) is 0.316. The van der Waals surface area contributed by atoms with Crippen molar-refractivity contribution in [2.24, 2.45) is 5.73 Å². The van der Waals surface area contributed by atoms with Crippen LogP contribution >= 0.6 is 0 Å². The molecular formula is C19H19F4N5O2. The molecule has 0 aliphatic carbocycles. The monoisotopic (exact) mass is 425 g/mol. The first-order valence-corrected chi connectivity index (χ1v) is 8.95. The van der Waals surface area contributed by atoms with Gasteiger partial charge in [-0.25, -0.2) is 9.18 Å². The Kier molecular flexibility index (Phi) is 5.55. The van der Waals surface area contributed by atoms with Gasteiger partial charge in [-0.3, -0.25) is 9.48 Å². The lowest BCUT2D eigenvalue weighted by Crippen LogP contribution is -2.44. The van der Waals surface area contributed by atoms with E-state index in [0.29, 0.717) is 11.3 Å². The van der Waals surface area contributed by atoms with Crippen LogP contribution in [0.4, 0.5) is 22.4 Å². The smallest absolute Gasteiger partial charge is 0.365 e. The fourth-order valence-electron chi connectivity index (χ4n) is 3.13. The van der Waals surface area contributed by atoms with Crippen molar-refractivity contribution < 1.29 is 27.2 Å². The number of carbonyl (C=O) groups is 2. The molecule has 0 bridgehead atoms. The first kappa shape index (κ1) is 21.3. The van der Waals surface area contributed by atoms with Crippen LogP contribution < -0.4 is 11.1 Å². The lowest BCUT2D eigenvalue weighted by Gasteiger charge is -2.28. The van der Waals surface area contributed by atoms with Crippen LogP contribution in [0.15, 0.2) is 35.5 Å². The van der Waals surface area contributed by atoms with E-state index in [4.69, 9.17) is 5.73 Å². The maximum absolute atomic E-state index is 13.6. The summed E-state index contributed by atoms with van der Waals surface area (Å²) in [6.45, 7) is 2.28. The van der Waals surface area contributed by atoms with Gasteiger partial charge in [-0.15, -0.1) is 0 Å². The number of fused-ring (bicyclic) bond motifs is 1. The average Bonchev–Trinajstić information content (AvgIpc) is 3.05. The lowest BCUT2D eigenvalue weighted by molar-refractivity contribution is -0.0923. The van der Waals surface area contributed by atoms with Gasteiger partial charge >= 0.3 is 12.2 Å². The molecule has 0 unspecified atom stereocenters. The van der Waals surface area contributed by atoms with Gasteiger partial charge in [0.2, 0.25) is 0 Å². The Morgan fingerprint density at radius 1 is 1.20 bits per heavy atom. The highest BCUT2D eigenvalue weighted by atomic mass is 19.4. The van der Waals surface area contributed by atoms with Gasteiger partial charge < -0.3 is 16.0 Å². The number of nitrogens with zero attached hydrogens (tertiary/aromatic N) is 3. The van der Waals surface area contributed by atoms with Crippen LogP contribution in [0.5, 0.6) is 0 Å². The number of alkyl halides is 3. The molecule has 0 saturated heterocycles. The van der Waals surface area contributed by atoms with Gasteiger partial charge in [0.05, 0.1) is 24.3 Å². The zero-order chi connectivity index (χ0) is 22.2. The number of nitrogens with two attached hydrogens (primary N) is 1. The minimum Gasteiger partial charge on any atom is -0.365 e. The minimum atomic E-state index is -4.56. The van der Waals surface area contributed by atoms with E-state index in [0.717, 1.165) is 13.8 Å². The highest BCUT2D eigenvalue weighted by molar-refractivity contribution is 6.00. The molecule has 0 radical (unpaired) electrons. The third kappa shape index (κ3) is 4.14. The van der Waals surface area contributed by atoms with E-state index in [1.54, 1.807) is 6.07 Å². The molecule has 2 aromatic rings. The van der Waals surface area contributed by atoms with Crippen LogP contribution in [0.2, 0.25) is 0 Å². The maximum Gasteiger partial charge on any atom is 0.414 e. The number of benzene rings is 1. The maximum atomic E-state index is 13.6. The summed E-state index contributed by atoms with van der Waals surface area (Å²) in [6, 6.07) is 4.74. The van der Waals surface area contributed by atoms with E-state index < -0.39 is 29.5 Å². The zero-order valence-electron chi connectivity index (χ0n) is 16.2. The number of primary amides is 1.